The van der Waals surface area contributed by atoms with Crippen molar-refractivity contribution in [3.8, 4) is 5.75 Å². The molecule has 0 saturated heterocycles. The van der Waals surface area contributed by atoms with Crippen LogP contribution in [0.2, 0.25) is 0 Å². The van der Waals surface area contributed by atoms with Crippen LogP contribution in [0.4, 0.5) is 0 Å². The quantitative estimate of drug-likeness (QED) is 0.805. The van der Waals surface area contributed by atoms with Crippen LogP contribution in [0.25, 0.3) is 0 Å². The minimum Gasteiger partial charge on any atom is -0.493 e. The van der Waals surface area contributed by atoms with Gasteiger partial charge in [-0.1, -0.05) is 12.1 Å². The Bertz CT molecular complexity index is 432. The molecule has 0 aromatic heterocycles. The van der Waals surface area contributed by atoms with Crippen LogP contribution in [-0.2, 0) is 4.79 Å². The van der Waals surface area contributed by atoms with Crippen LogP contribution in [-0.4, -0.2) is 25.1 Å². The standard InChI is InChI=1S/C14H22N2O2/c1-10-5-6-11(2)12(9-10)18-8-7-14(3,16-4)13(15)17/h5-6,9,16H,7-8H2,1-4H3,(H2,15,17). The van der Waals surface area contributed by atoms with Crippen LogP contribution in [0.15, 0.2) is 18.2 Å². The number of hydrogen-bond donors (Lipinski definition) is 2. The highest BCUT2D eigenvalue weighted by Crippen LogP contribution is 2.20. The molecule has 0 bridgehead atoms. The Morgan fingerprint density at radius 1 is 1.44 bits per heavy atom. The van der Waals surface area contributed by atoms with E-state index < -0.39 is 5.54 Å². The van der Waals surface area contributed by atoms with Gasteiger partial charge >= 0.3 is 0 Å². The van der Waals surface area contributed by atoms with Crippen LogP contribution in [0.5, 0.6) is 5.75 Å². The molecule has 0 aliphatic carbocycles. The molecule has 100 valence electrons. The van der Waals surface area contributed by atoms with Gasteiger partial charge in [0.25, 0.3) is 0 Å². The largest absolute Gasteiger partial charge is 0.493 e. The van der Waals surface area contributed by atoms with Crippen LogP contribution in [0, 0.1) is 13.8 Å². The molecule has 0 aliphatic heterocycles. The van der Waals surface area contributed by atoms with Crippen LogP contribution >= 0.6 is 0 Å². The van der Waals surface area contributed by atoms with Gasteiger partial charge in [-0.25, -0.2) is 0 Å². The third kappa shape index (κ3) is 3.47. The number of hydrogen-bond acceptors (Lipinski definition) is 3. The van der Waals surface area contributed by atoms with Gasteiger partial charge in [-0.3, -0.25) is 4.79 Å². The van der Waals surface area contributed by atoms with E-state index in [2.05, 4.69) is 5.32 Å². The molecule has 4 heteroatoms. The van der Waals surface area contributed by atoms with Crippen molar-refractivity contribution in [2.24, 2.45) is 5.73 Å². The summed E-state index contributed by atoms with van der Waals surface area (Å²) in [7, 11) is 1.72. The molecule has 0 heterocycles. The fraction of sp³-hybridized carbons (Fsp3) is 0.500. The first kappa shape index (κ1) is 14.5. The number of carbonyl (C=O) groups excluding carboxylic acids is 1. The zero-order valence-electron chi connectivity index (χ0n) is 11.5. The van der Waals surface area contributed by atoms with Gasteiger partial charge in [0.2, 0.25) is 5.91 Å². The van der Waals surface area contributed by atoms with Gasteiger partial charge in [0, 0.05) is 6.42 Å². The predicted octanol–water partition coefficient (Wildman–Crippen LogP) is 1.54. The highest BCUT2D eigenvalue weighted by atomic mass is 16.5. The Morgan fingerprint density at radius 2 is 2.11 bits per heavy atom. The zero-order chi connectivity index (χ0) is 13.8. The van der Waals surface area contributed by atoms with Gasteiger partial charge < -0.3 is 15.8 Å². The lowest BCUT2D eigenvalue weighted by Crippen LogP contribution is -2.52. The first-order chi connectivity index (χ1) is 8.39. The number of likely N-dealkylation sites (N-methyl/N-ethyl adjacent to an activating group) is 1. The molecule has 1 amide bonds. The van der Waals surface area contributed by atoms with Crippen molar-refractivity contribution in [2.45, 2.75) is 32.7 Å². The van der Waals surface area contributed by atoms with E-state index in [1.807, 2.05) is 32.0 Å². The minimum atomic E-state index is -0.724. The van der Waals surface area contributed by atoms with E-state index in [9.17, 15) is 4.79 Å². The van der Waals surface area contributed by atoms with E-state index in [1.165, 1.54) is 0 Å². The van der Waals surface area contributed by atoms with Gasteiger partial charge in [0.1, 0.15) is 5.75 Å². The molecule has 0 aliphatic rings. The summed E-state index contributed by atoms with van der Waals surface area (Å²) in [5.41, 5.74) is 6.88. The lowest BCUT2D eigenvalue weighted by atomic mass is 9.98. The fourth-order valence-electron chi connectivity index (χ4n) is 1.60. The number of nitrogens with two attached hydrogens (primary N) is 1. The molecule has 3 N–H and O–H groups in total. The lowest BCUT2D eigenvalue weighted by Gasteiger charge is -2.25. The maximum atomic E-state index is 11.3. The van der Waals surface area contributed by atoms with Gasteiger partial charge in [0.15, 0.2) is 0 Å². The minimum absolute atomic E-state index is 0.366. The summed E-state index contributed by atoms with van der Waals surface area (Å²) in [5.74, 6) is 0.493. The molecule has 4 nitrogen and oxygen atoms in total. The topological polar surface area (TPSA) is 64.3 Å². The van der Waals surface area contributed by atoms with E-state index in [-0.39, 0.29) is 5.91 Å². The van der Waals surface area contributed by atoms with E-state index in [0.29, 0.717) is 13.0 Å². The molecule has 0 saturated carbocycles. The van der Waals surface area contributed by atoms with Crippen LogP contribution in [0.3, 0.4) is 0 Å². The molecular formula is C14H22N2O2. The second-order valence-electron chi connectivity index (χ2n) is 4.81. The highest BCUT2D eigenvalue weighted by Gasteiger charge is 2.28. The van der Waals surface area contributed by atoms with Gasteiger partial charge in [-0.15, -0.1) is 0 Å². The number of ether oxygens (including phenoxy) is 1. The first-order valence-corrected chi connectivity index (χ1v) is 6.08. The van der Waals surface area contributed by atoms with E-state index in [0.717, 1.165) is 16.9 Å². The number of amides is 1. The Morgan fingerprint density at radius 3 is 2.67 bits per heavy atom. The molecule has 1 rings (SSSR count). The summed E-state index contributed by atoms with van der Waals surface area (Å²) < 4.78 is 5.72. The van der Waals surface area contributed by atoms with Gasteiger partial charge in [-0.05, 0) is 45.0 Å². The maximum absolute atomic E-state index is 11.3. The van der Waals surface area contributed by atoms with E-state index in [4.69, 9.17) is 10.5 Å². The molecule has 1 unspecified atom stereocenters. The number of aryl methyl sites for hydroxylation is 2. The number of carbonyl (C=O) groups is 1. The van der Waals surface area contributed by atoms with Crippen molar-refractivity contribution in [3.63, 3.8) is 0 Å². The maximum Gasteiger partial charge on any atom is 0.237 e. The number of rotatable bonds is 6. The van der Waals surface area contributed by atoms with Crippen molar-refractivity contribution in [3.05, 3.63) is 29.3 Å². The molecule has 1 atom stereocenters. The summed E-state index contributed by atoms with van der Waals surface area (Å²) >= 11 is 0. The predicted molar refractivity (Wildman–Crippen MR) is 72.7 cm³/mol. The second-order valence-corrected chi connectivity index (χ2v) is 4.81. The van der Waals surface area contributed by atoms with Crippen molar-refractivity contribution in [2.75, 3.05) is 13.7 Å². The molecular weight excluding hydrogens is 228 g/mol. The van der Waals surface area contributed by atoms with Crippen LogP contribution in [0.1, 0.15) is 24.5 Å². The highest BCUT2D eigenvalue weighted by molar-refractivity contribution is 5.84. The number of nitrogens with one attached hydrogen (secondary N) is 1. The summed E-state index contributed by atoms with van der Waals surface area (Å²) in [5, 5.41) is 2.94. The third-order valence-corrected chi connectivity index (χ3v) is 3.30. The summed E-state index contributed by atoms with van der Waals surface area (Å²) in [6.45, 7) is 6.25. The molecule has 0 spiro atoms. The Hall–Kier alpha value is -1.55. The van der Waals surface area contributed by atoms with E-state index >= 15 is 0 Å². The van der Waals surface area contributed by atoms with Crippen molar-refractivity contribution < 1.29 is 9.53 Å². The molecule has 1 aromatic carbocycles. The first-order valence-electron chi connectivity index (χ1n) is 6.08. The molecule has 0 radical (unpaired) electrons. The number of benzene rings is 1. The Kier molecular flexibility index (Phi) is 4.73. The third-order valence-electron chi connectivity index (χ3n) is 3.30. The summed E-state index contributed by atoms with van der Waals surface area (Å²) in [6, 6.07) is 6.07. The average Bonchev–Trinajstić information content (AvgIpc) is 2.33. The van der Waals surface area contributed by atoms with Crippen molar-refractivity contribution in [1.82, 2.24) is 5.32 Å². The number of primary amides is 1. The Balaban J connectivity index is 2.61. The smallest absolute Gasteiger partial charge is 0.237 e. The average molecular weight is 250 g/mol. The lowest BCUT2D eigenvalue weighted by molar-refractivity contribution is -0.124. The normalized spacial score (nSPS) is 14.0. The summed E-state index contributed by atoms with van der Waals surface area (Å²) in [4.78, 5) is 11.3. The monoisotopic (exact) mass is 250 g/mol. The molecule has 1 aromatic rings. The Labute approximate surface area is 109 Å². The van der Waals surface area contributed by atoms with E-state index in [1.54, 1.807) is 14.0 Å². The second kappa shape index (κ2) is 5.87. The fourth-order valence-corrected chi connectivity index (χ4v) is 1.60. The molecule has 0 fully saturated rings. The van der Waals surface area contributed by atoms with Gasteiger partial charge in [-0.2, -0.15) is 0 Å². The SMILES string of the molecule is CNC(C)(CCOc1cc(C)ccc1C)C(N)=O. The zero-order valence-corrected chi connectivity index (χ0v) is 11.5. The van der Waals surface area contributed by atoms with Gasteiger partial charge in [0.05, 0.1) is 12.1 Å². The van der Waals surface area contributed by atoms with Crippen molar-refractivity contribution in [1.29, 1.82) is 0 Å². The molecule has 18 heavy (non-hydrogen) atoms. The van der Waals surface area contributed by atoms with Crippen LogP contribution < -0.4 is 15.8 Å². The van der Waals surface area contributed by atoms with Crippen molar-refractivity contribution >= 4 is 5.91 Å². The summed E-state index contributed by atoms with van der Waals surface area (Å²) in [6.07, 6.45) is 0.534.